The average Bonchev–Trinajstić information content (AvgIpc) is 3.15. The highest BCUT2D eigenvalue weighted by Gasteiger charge is 2.28. The van der Waals surface area contributed by atoms with Crippen LogP contribution in [0.5, 0.6) is 0 Å². The van der Waals surface area contributed by atoms with E-state index in [1.54, 1.807) is 37.3 Å². The first kappa shape index (κ1) is 25.0. The number of anilines is 2. The summed E-state index contributed by atoms with van der Waals surface area (Å²) in [6.45, 7) is 3.13. The monoisotopic (exact) mass is 498 g/mol. The van der Waals surface area contributed by atoms with Crippen LogP contribution in [0.2, 0.25) is 0 Å². The largest absolute Gasteiger partial charge is 0.462 e. The number of rotatable bonds is 8. The summed E-state index contributed by atoms with van der Waals surface area (Å²) < 4.78 is 5.06. The van der Waals surface area contributed by atoms with Crippen LogP contribution in [0.4, 0.5) is 22.1 Å². The van der Waals surface area contributed by atoms with Crippen molar-refractivity contribution in [2.24, 2.45) is 0 Å². The van der Waals surface area contributed by atoms with E-state index >= 15 is 0 Å². The van der Waals surface area contributed by atoms with E-state index < -0.39 is 39.0 Å². The highest BCUT2D eigenvalue weighted by Crippen LogP contribution is 2.35. The molecular formula is C22H18N4O8S. The van der Waals surface area contributed by atoms with Crippen LogP contribution in [0, 0.1) is 27.2 Å². The molecule has 0 saturated carbocycles. The smallest absolute Gasteiger partial charge is 0.341 e. The lowest BCUT2D eigenvalue weighted by Crippen LogP contribution is -2.15. The Morgan fingerprint density at radius 3 is 2.09 bits per heavy atom. The SMILES string of the molecule is CCOC(=O)c1c(NC(=O)c2cc([N+](=O)[O-])cc([N+](=O)[O-])c2)sc(C(=O)Nc2ccccc2)c1C. The number of hydrogen-bond acceptors (Lipinski definition) is 9. The molecule has 13 heteroatoms. The summed E-state index contributed by atoms with van der Waals surface area (Å²) in [7, 11) is 0. The van der Waals surface area contributed by atoms with Crippen LogP contribution in [0.25, 0.3) is 0 Å². The third kappa shape index (κ3) is 5.65. The minimum atomic E-state index is -0.946. The Balaban J connectivity index is 2.00. The Morgan fingerprint density at radius 1 is 0.943 bits per heavy atom. The quantitative estimate of drug-likeness (QED) is 0.259. The van der Waals surface area contributed by atoms with Gasteiger partial charge in [0.1, 0.15) is 5.00 Å². The zero-order valence-corrected chi connectivity index (χ0v) is 19.2. The predicted octanol–water partition coefficient (Wildman–Crippen LogP) is 4.55. The summed E-state index contributed by atoms with van der Waals surface area (Å²) >= 11 is 0.799. The van der Waals surface area contributed by atoms with Crippen molar-refractivity contribution in [3.8, 4) is 0 Å². The molecule has 180 valence electrons. The number of para-hydroxylation sites is 1. The van der Waals surface area contributed by atoms with Crippen LogP contribution in [-0.2, 0) is 4.74 Å². The highest BCUT2D eigenvalue weighted by molar-refractivity contribution is 7.19. The van der Waals surface area contributed by atoms with Crippen molar-refractivity contribution in [2.75, 3.05) is 17.2 Å². The first-order chi connectivity index (χ1) is 16.6. The maximum Gasteiger partial charge on any atom is 0.341 e. The van der Waals surface area contributed by atoms with E-state index in [9.17, 15) is 34.6 Å². The Morgan fingerprint density at radius 2 is 1.54 bits per heavy atom. The van der Waals surface area contributed by atoms with Gasteiger partial charge >= 0.3 is 5.97 Å². The first-order valence-electron chi connectivity index (χ1n) is 10.0. The standard InChI is InChI=1S/C22H18N4O8S/c1-3-34-22(29)17-12(2)18(20(28)23-14-7-5-4-6-8-14)35-21(17)24-19(27)13-9-15(25(30)31)11-16(10-13)26(32)33/h4-11H,3H2,1-2H3,(H,23,28)(H,24,27). The highest BCUT2D eigenvalue weighted by atomic mass is 32.1. The number of nitro benzene ring substituents is 2. The molecule has 0 saturated heterocycles. The number of thiophene rings is 1. The van der Waals surface area contributed by atoms with E-state index in [0.717, 1.165) is 29.5 Å². The number of benzene rings is 2. The molecule has 1 heterocycles. The van der Waals surface area contributed by atoms with Crippen molar-refractivity contribution < 1.29 is 29.0 Å². The van der Waals surface area contributed by atoms with E-state index in [1.165, 1.54) is 6.92 Å². The number of nitro groups is 2. The Hall–Kier alpha value is -4.65. The van der Waals surface area contributed by atoms with Gasteiger partial charge in [0.2, 0.25) is 0 Å². The van der Waals surface area contributed by atoms with Gasteiger partial charge in [-0.05, 0) is 31.5 Å². The summed E-state index contributed by atoms with van der Waals surface area (Å²) in [4.78, 5) is 59.0. The molecule has 0 spiro atoms. The predicted molar refractivity (Wildman–Crippen MR) is 127 cm³/mol. The topological polar surface area (TPSA) is 171 Å². The van der Waals surface area contributed by atoms with Gasteiger partial charge in [0.05, 0.1) is 38.5 Å². The van der Waals surface area contributed by atoms with Gasteiger partial charge in [-0.15, -0.1) is 11.3 Å². The fourth-order valence-corrected chi connectivity index (χ4v) is 4.17. The van der Waals surface area contributed by atoms with Crippen molar-refractivity contribution >= 4 is 51.2 Å². The Labute approximate surface area is 201 Å². The van der Waals surface area contributed by atoms with Gasteiger partial charge in [-0.3, -0.25) is 29.8 Å². The molecule has 0 aliphatic carbocycles. The first-order valence-corrected chi connectivity index (χ1v) is 10.9. The second-order valence-corrected chi connectivity index (χ2v) is 8.03. The molecule has 1 aromatic heterocycles. The molecule has 0 fully saturated rings. The van der Waals surface area contributed by atoms with Gasteiger partial charge in [-0.1, -0.05) is 18.2 Å². The number of hydrogen-bond donors (Lipinski definition) is 2. The lowest BCUT2D eigenvalue weighted by Gasteiger charge is -2.07. The molecule has 0 atom stereocenters. The van der Waals surface area contributed by atoms with Crippen LogP contribution in [0.1, 0.15) is 42.9 Å². The molecule has 35 heavy (non-hydrogen) atoms. The molecular weight excluding hydrogens is 480 g/mol. The maximum atomic E-state index is 12.9. The Bertz CT molecular complexity index is 1300. The average molecular weight is 498 g/mol. The molecule has 2 aromatic carbocycles. The summed E-state index contributed by atoms with van der Waals surface area (Å²) in [5, 5.41) is 27.4. The van der Waals surface area contributed by atoms with Gasteiger partial charge in [0.25, 0.3) is 23.2 Å². The van der Waals surface area contributed by atoms with Crippen LogP contribution in [0.3, 0.4) is 0 Å². The minimum Gasteiger partial charge on any atom is -0.462 e. The third-order valence-electron chi connectivity index (χ3n) is 4.68. The molecule has 3 aromatic rings. The van der Waals surface area contributed by atoms with Crippen molar-refractivity contribution in [2.45, 2.75) is 13.8 Å². The number of carbonyl (C=O) groups is 3. The second-order valence-electron chi connectivity index (χ2n) is 7.01. The van der Waals surface area contributed by atoms with Crippen molar-refractivity contribution in [1.29, 1.82) is 0 Å². The normalized spacial score (nSPS) is 10.3. The molecule has 0 aliphatic heterocycles. The van der Waals surface area contributed by atoms with E-state index in [2.05, 4.69) is 10.6 Å². The van der Waals surface area contributed by atoms with Crippen molar-refractivity contribution in [1.82, 2.24) is 0 Å². The summed E-state index contributed by atoms with van der Waals surface area (Å²) in [6, 6.07) is 11.0. The maximum absolute atomic E-state index is 12.9. The fraction of sp³-hybridized carbons (Fsp3) is 0.136. The van der Waals surface area contributed by atoms with E-state index in [4.69, 9.17) is 4.74 Å². The van der Waals surface area contributed by atoms with Crippen molar-refractivity contribution in [3.05, 3.63) is 90.3 Å². The van der Waals surface area contributed by atoms with Gasteiger partial charge in [-0.25, -0.2) is 4.79 Å². The van der Waals surface area contributed by atoms with Crippen LogP contribution >= 0.6 is 11.3 Å². The van der Waals surface area contributed by atoms with Crippen LogP contribution in [-0.4, -0.2) is 34.2 Å². The lowest BCUT2D eigenvalue weighted by molar-refractivity contribution is -0.394. The zero-order chi connectivity index (χ0) is 25.7. The molecule has 2 N–H and O–H groups in total. The second kappa shape index (κ2) is 10.5. The van der Waals surface area contributed by atoms with Gasteiger partial charge in [0.15, 0.2) is 0 Å². The zero-order valence-electron chi connectivity index (χ0n) is 18.4. The number of amides is 2. The lowest BCUT2D eigenvalue weighted by atomic mass is 10.1. The number of nitrogens with zero attached hydrogens (tertiary/aromatic N) is 2. The summed E-state index contributed by atoms with van der Waals surface area (Å²) in [6.07, 6.45) is 0. The van der Waals surface area contributed by atoms with Crippen LogP contribution < -0.4 is 10.6 Å². The summed E-state index contributed by atoms with van der Waals surface area (Å²) in [5.74, 6) is -2.27. The minimum absolute atomic E-state index is 0.0319. The van der Waals surface area contributed by atoms with Gasteiger partial charge in [0, 0.05) is 17.8 Å². The van der Waals surface area contributed by atoms with Crippen molar-refractivity contribution in [3.63, 3.8) is 0 Å². The molecule has 12 nitrogen and oxygen atoms in total. The molecule has 0 unspecified atom stereocenters. The number of non-ortho nitro benzene ring substituents is 2. The number of carbonyl (C=O) groups excluding carboxylic acids is 3. The van der Waals surface area contributed by atoms with E-state index in [0.29, 0.717) is 5.69 Å². The van der Waals surface area contributed by atoms with Crippen LogP contribution in [0.15, 0.2) is 48.5 Å². The number of esters is 1. The molecule has 0 aliphatic rings. The van der Waals surface area contributed by atoms with E-state index in [1.807, 2.05) is 0 Å². The fourth-order valence-electron chi connectivity index (χ4n) is 3.09. The molecule has 0 radical (unpaired) electrons. The number of ether oxygens (including phenoxy) is 1. The van der Waals surface area contributed by atoms with E-state index in [-0.39, 0.29) is 33.2 Å². The van der Waals surface area contributed by atoms with Gasteiger partial charge < -0.3 is 15.4 Å². The molecule has 0 bridgehead atoms. The third-order valence-corrected chi connectivity index (χ3v) is 5.88. The Kier molecular flexibility index (Phi) is 7.51. The molecule has 2 amide bonds. The number of nitrogens with one attached hydrogen (secondary N) is 2. The summed E-state index contributed by atoms with van der Waals surface area (Å²) in [5.41, 5.74) is -0.981. The van der Waals surface area contributed by atoms with Gasteiger partial charge in [-0.2, -0.15) is 0 Å². The molecule has 3 rings (SSSR count).